The van der Waals surface area contributed by atoms with Gasteiger partial charge < -0.3 is 15.0 Å². The molecular weight excluding hydrogens is 336 g/mol. The molecule has 1 N–H and O–H groups in total. The monoisotopic (exact) mass is 362 g/mol. The fourth-order valence-corrected chi connectivity index (χ4v) is 4.66. The predicted molar refractivity (Wildman–Crippen MR) is 104 cm³/mol. The number of hydrogen-bond acceptors (Lipinski definition) is 3. The fourth-order valence-electron chi connectivity index (χ4n) is 4.66. The SMILES string of the molecule is O=C(C1CC1c1ccc(OCc2ccccc2)cc1)N1C[C@H]2CNC[C@H]2C1. The minimum Gasteiger partial charge on any atom is -0.489 e. The van der Waals surface area contributed by atoms with Gasteiger partial charge in [-0.05, 0) is 47.4 Å². The molecular formula is C23H26N2O2. The molecule has 3 fully saturated rings. The quantitative estimate of drug-likeness (QED) is 0.889. The zero-order chi connectivity index (χ0) is 18.2. The van der Waals surface area contributed by atoms with E-state index in [0.717, 1.165) is 38.3 Å². The maximum Gasteiger partial charge on any atom is 0.226 e. The number of amides is 1. The number of carbonyl (C=O) groups excluding carboxylic acids is 1. The Morgan fingerprint density at radius 1 is 1.00 bits per heavy atom. The van der Waals surface area contributed by atoms with Crippen molar-refractivity contribution in [2.24, 2.45) is 17.8 Å². The van der Waals surface area contributed by atoms with Crippen LogP contribution in [-0.2, 0) is 11.4 Å². The van der Waals surface area contributed by atoms with Crippen LogP contribution in [0.3, 0.4) is 0 Å². The van der Waals surface area contributed by atoms with Crippen LogP contribution < -0.4 is 10.1 Å². The molecule has 2 aromatic carbocycles. The number of rotatable bonds is 5. The number of nitrogens with zero attached hydrogens (tertiary/aromatic N) is 1. The second kappa shape index (κ2) is 7.01. The third-order valence-electron chi connectivity index (χ3n) is 6.37. The Morgan fingerprint density at radius 2 is 1.70 bits per heavy atom. The van der Waals surface area contributed by atoms with Crippen LogP contribution in [0.1, 0.15) is 23.5 Å². The van der Waals surface area contributed by atoms with Crippen molar-refractivity contribution in [2.75, 3.05) is 26.2 Å². The average Bonchev–Trinajstić information content (AvgIpc) is 3.21. The van der Waals surface area contributed by atoms with Gasteiger partial charge in [-0.1, -0.05) is 42.5 Å². The molecule has 2 unspecified atom stereocenters. The molecule has 0 bridgehead atoms. The lowest BCUT2D eigenvalue weighted by Crippen LogP contribution is -2.33. The highest BCUT2D eigenvalue weighted by atomic mass is 16.5. The number of fused-ring (bicyclic) bond motifs is 1. The Balaban J connectivity index is 1.15. The second-order valence-electron chi connectivity index (χ2n) is 8.21. The minimum absolute atomic E-state index is 0.188. The molecule has 1 aliphatic carbocycles. The molecule has 2 aliphatic heterocycles. The molecule has 1 saturated carbocycles. The van der Waals surface area contributed by atoms with Crippen molar-refractivity contribution in [3.8, 4) is 5.75 Å². The lowest BCUT2D eigenvalue weighted by Gasteiger charge is -2.17. The average molecular weight is 362 g/mol. The Morgan fingerprint density at radius 3 is 2.41 bits per heavy atom. The van der Waals surface area contributed by atoms with Crippen LogP contribution in [0.15, 0.2) is 54.6 Å². The number of nitrogens with one attached hydrogen (secondary N) is 1. The number of carbonyl (C=O) groups is 1. The van der Waals surface area contributed by atoms with Crippen molar-refractivity contribution >= 4 is 5.91 Å². The minimum atomic E-state index is 0.188. The molecule has 5 rings (SSSR count). The third-order valence-corrected chi connectivity index (χ3v) is 6.37. The van der Waals surface area contributed by atoms with Crippen LogP contribution >= 0.6 is 0 Å². The molecule has 2 aromatic rings. The second-order valence-corrected chi connectivity index (χ2v) is 8.21. The molecule has 27 heavy (non-hydrogen) atoms. The summed E-state index contributed by atoms with van der Waals surface area (Å²) in [5, 5.41) is 3.44. The van der Waals surface area contributed by atoms with Gasteiger partial charge in [-0.15, -0.1) is 0 Å². The van der Waals surface area contributed by atoms with Gasteiger partial charge in [0.25, 0.3) is 0 Å². The van der Waals surface area contributed by atoms with E-state index in [9.17, 15) is 4.79 Å². The van der Waals surface area contributed by atoms with Crippen LogP contribution in [0.4, 0.5) is 0 Å². The van der Waals surface area contributed by atoms with Crippen LogP contribution in [0.25, 0.3) is 0 Å². The van der Waals surface area contributed by atoms with Crippen molar-refractivity contribution in [1.82, 2.24) is 10.2 Å². The van der Waals surface area contributed by atoms with E-state index in [-0.39, 0.29) is 5.92 Å². The first-order valence-electron chi connectivity index (χ1n) is 10.0. The summed E-state index contributed by atoms with van der Waals surface area (Å²) in [5.41, 5.74) is 2.43. The summed E-state index contributed by atoms with van der Waals surface area (Å²) in [4.78, 5) is 15.0. The van der Waals surface area contributed by atoms with Crippen LogP contribution in [0, 0.1) is 17.8 Å². The summed E-state index contributed by atoms with van der Waals surface area (Å²) in [6, 6.07) is 18.5. The van der Waals surface area contributed by atoms with Gasteiger partial charge in [-0.2, -0.15) is 0 Å². The summed E-state index contributed by atoms with van der Waals surface area (Å²) in [7, 11) is 0. The molecule has 2 saturated heterocycles. The molecule has 0 spiro atoms. The topological polar surface area (TPSA) is 41.6 Å². The number of ether oxygens (including phenoxy) is 1. The van der Waals surface area contributed by atoms with Gasteiger partial charge in [0, 0.05) is 32.1 Å². The van der Waals surface area contributed by atoms with Gasteiger partial charge in [0.1, 0.15) is 12.4 Å². The van der Waals surface area contributed by atoms with E-state index < -0.39 is 0 Å². The zero-order valence-electron chi connectivity index (χ0n) is 15.5. The van der Waals surface area contributed by atoms with Gasteiger partial charge in [-0.25, -0.2) is 0 Å². The highest BCUT2D eigenvalue weighted by Crippen LogP contribution is 2.49. The van der Waals surface area contributed by atoms with Gasteiger partial charge in [0.2, 0.25) is 5.91 Å². The highest BCUT2D eigenvalue weighted by Gasteiger charge is 2.48. The zero-order valence-corrected chi connectivity index (χ0v) is 15.5. The van der Waals surface area contributed by atoms with E-state index >= 15 is 0 Å². The Labute approximate surface area is 160 Å². The van der Waals surface area contributed by atoms with Gasteiger partial charge >= 0.3 is 0 Å². The summed E-state index contributed by atoms with van der Waals surface area (Å²) in [6.07, 6.45) is 0.993. The summed E-state index contributed by atoms with van der Waals surface area (Å²) in [6.45, 7) is 4.63. The van der Waals surface area contributed by atoms with E-state index in [1.807, 2.05) is 30.3 Å². The molecule has 4 atom stereocenters. The smallest absolute Gasteiger partial charge is 0.226 e. The summed E-state index contributed by atoms with van der Waals surface area (Å²) < 4.78 is 5.86. The lowest BCUT2D eigenvalue weighted by atomic mass is 10.0. The molecule has 0 aromatic heterocycles. The van der Waals surface area contributed by atoms with Crippen molar-refractivity contribution in [2.45, 2.75) is 18.9 Å². The first-order valence-corrected chi connectivity index (χ1v) is 10.0. The highest BCUT2D eigenvalue weighted by molar-refractivity contribution is 5.83. The van der Waals surface area contributed by atoms with Crippen molar-refractivity contribution in [3.05, 3.63) is 65.7 Å². The van der Waals surface area contributed by atoms with Crippen LogP contribution in [0.5, 0.6) is 5.75 Å². The first-order chi connectivity index (χ1) is 13.3. The number of hydrogen-bond donors (Lipinski definition) is 1. The Kier molecular flexibility index (Phi) is 4.36. The summed E-state index contributed by atoms with van der Waals surface area (Å²) in [5.74, 6) is 3.18. The molecule has 1 amide bonds. The standard InChI is InChI=1S/C23H26N2O2/c26-23(25-13-18-11-24-12-19(18)14-25)22-10-21(22)17-6-8-20(9-7-17)27-15-16-4-2-1-3-5-16/h1-9,18-19,21-22,24H,10-15H2/t18-,19+,21?,22?. The molecule has 4 nitrogen and oxygen atoms in total. The van der Waals surface area contributed by atoms with E-state index in [1.165, 1.54) is 11.1 Å². The van der Waals surface area contributed by atoms with Gasteiger partial charge in [-0.3, -0.25) is 4.79 Å². The molecule has 2 heterocycles. The first kappa shape index (κ1) is 16.8. The van der Waals surface area contributed by atoms with Gasteiger partial charge in [0.15, 0.2) is 0 Å². The van der Waals surface area contributed by atoms with Crippen molar-refractivity contribution < 1.29 is 9.53 Å². The summed E-state index contributed by atoms with van der Waals surface area (Å²) >= 11 is 0. The normalized spacial score (nSPS) is 28.8. The molecule has 4 heteroatoms. The van der Waals surface area contributed by atoms with Crippen molar-refractivity contribution in [3.63, 3.8) is 0 Å². The Hall–Kier alpha value is -2.33. The van der Waals surface area contributed by atoms with Crippen molar-refractivity contribution in [1.29, 1.82) is 0 Å². The fraction of sp³-hybridized carbons (Fsp3) is 0.435. The Bertz CT molecular complexity index is 793. The van der Waals surface area contributed by atoms with Crippen LogP contribution in [-0.4, -0.2) is 37.0 Å². The number of likely N-dealkylation sites (tertiary alicyclic amines) is 1. The van der Waals surface area contributed by atoms with E-state index in [0.29, 0.717) is 30.3 Å². The van der Waals surface area contributed by atoms with Crippen LogP contribution in [0.2, 0.25) is 0 Å². The molecule has 0 radical (unpaired) electrons. The maximum absolute atomic E-state index is 12.8. The van der Waals surface area contributed by atoms with E-state index in [4.69, 9.17) is 4.74 Å². The van der Waals surface area contributed by atoms with E-state index in [2.05, 4.69) is 34.5 Å². The number of benzene rings is 2. The predicted octanol–water partition coefficient (Wildman–Crippen LogP) is 3.05. The lowest BCUT2D eigenvalue weighted by molar-refractivity contribution is -0.131. The molecule has 3 aliphatic rings. The van der Waals surface area contributed by atoms with Gasteiger partial charge in [0.05, 0.1) is 0 Å². The van der Waals surface area contributed by atoms with E-state index in [1.54, 1.807) is 0 Å². The largest absolute Gasteiger partial charge is 0.489 e. The molecule has 140 valence electrons. The third kappa shape index (κ3) is 3.46. The maximum atomic E-state index is 12.8.